The fourth-order valence-corrected chi connectivity index (χ4v) is 2.98. The largest absolute Gasteiger partial charge is 0.375 e. The number of nitrogens with one attached hydrogen (secondary N) is 2. The van der Waals surface area contributed by atoms with Crippen molar-refractivity contribution in [2.24, 2.45) is 4.99 Å². The molecule has 7 nitrogen and oxygen atoms in total. The minimum absolute atomic E-state index is 0. The zero-order chi connectivity index (χ0) is 19.6. The van der Waals surface area contributed by atoms with Crippen LogP contribution in [0.5, 0.6) is 0 Å². The number of rotatable bonds is 9. The Morgan fingerprint density at radius 2 is 1.83 bits per heavy atom. The molecule has 8 heteroatoms. The van der Waals surface area contributed by atoms with Gasteiger partial charge < -0.3 is 15.5 Å². The van der Waals surface area contributed by atoms with Crippen LogP contribution in [0.4, 0.5) is 5.69 Å². The molecule has 2 aromatic heterocycles. The summed E-state index contributed by atoms with van der Waals surface area (Å²) in [7, 11) is 2.14. The summed E-state index contributed by atoms with van der Waals surface area (Å²) in [5.74, 6) is 1.64. The summed E-state index contributed by atoms with van der Waals surface area (Å²) in [5.41, 5.74) is 2.10. The number of benzene rings is 1. The van der Waals surface area contributed by atoms with E-state index >= 15 is 0 Å². The van der Waals surface area contributed by atoms with Crippen molar-refractivity contribution in [1.82, 2.24) is 25.2 Å². The van der Waals surface area contributed by atoms with Gasteiger partial charge in [0, 0.05) is 38.6 Å². The number of aliphatic imine (C=N–C) groups is 1. The Hall–Kier alpha value is -2.36. The first-order valence-electron chi connectivity index (χ1n) is 9.85. The number of aromatic nitrogens is 3. The molecule has 0 saturated heterocycles. The highest BCUT2D eigenvalue weighted by Gasteiger charge is 2.05. The van der Waals surface area contributed by atoms with Crippen LogP contribution in [-0.2, 0) is 6.54 Å². The maximum Gasteiger partial charge on any atom is 0.191 e. The van der Waals surface area contributed by atoms with Crippen molar-refractivity contribution in [1.29, 1.82) is 0 Å². The minimum atomic E-state index is 0. The molecule has 0 aliphatic carbocycles. The lowest BCUT2D eigenvalue weighted by atomic mass is 10.2. The van der Waals surface area contributed by atoms with E-state index in [1.165, 1.54) is 5.69 Å². The number of unbranched alkanes of at least 4 members (excludes halogenated alkanes) is 1. The Labute approximate surface area is 189 Å². The molecule has 0 radical (unpaired) electrons. The lowest BCUT2D eigenvalue weighted by molar-refractivity contribution is 0.686. The lowest BCUT2D eigenvalue weighted by Crippen LogP contribution is -2.38. The minimum Gasteiger partial charge on any atom is -0.375 e. The predicted octanol–water partition coefficient (Wildman–Crippen LogP) is 3.32. The number of guanidine groups is 1. The molecule has 2 heterocycles. The smallest absolute Gasteiger partial charge is 0.191 e. The topological polar surface area (TPSA) is 69.8 Å². The molecule has 0 bridgehead atoms. The van der Waals surface area contributed by atoms with Gasteiger partial charge in [-0.1, -0.05) is 24.3 Å². The van der Waals surface area contributed by atoms with Crippen LogP contribution in [0.15, 0.2) is 59.7 Å². The maximum absolute atomic E-state index is 4.65. The van der Waals surface area contributed by atoms with Crippen molar-refractivity contribution < 1.29 is 0 Å². The Morgan fingerprint density at radius 3 is 2.62 bits per heavy atom. The van der Waals surface area contributed by atoms with Gasteiger partial charge >= 0.3 is 0 Å². The molecule has 0 spiro atoms. The Bertz CT molecular complexity index is 879. The molecule has 0 atom stereocenters. The molecule has 0 aliphatic rings. The molecule has 2 N–H and O–H groups in total. The molecule has 0 amide bonds. The van der Waals surface area contributed by atoms with Crippen molar-refractivity contribution in [2.45, 2.75) is 26.3 Å². The van der Waals surface area contributed by atoms with Crippen LogP contribution in [0.3, 0.4) is 0 Å². The van der Waals surface area contributed by atoms with Crippen LogP contribution >= 0.6 is 24.0 Å². The Kier molecular flexibility index (Phi) is 9.69. The lowest BCUT2D eigenvalue weighted by Gasteiger charge is -2.19. The first kappa shape index (κ1) is 22.9. The van der Waals surface area contributed by atoms with E-state index in [1.54, 1.807) is 0 Å². The summed E-state index contributed by atoms with van der Waals surface area (Å²) in [6.45, 7) is 5.29. The van der Waals surface area contributed by atoms with Gasteiger partial charge in [0.15, 0.2) is 17.4 Å². The van der Waals surface area contributed by atoms with Gasteiger partial charge in [-0.15, -0.1) is 34.2 Å². The fraction of sp³-hybridized carbons (Fsp3) is 0.381. The Balaban J connectivity index is 0.00000300. The van der Waals surface area contributed by atoms with Crippen molar-refractivity contribution in [3.63, 3.8) is 0 Å². The van der Waals surface area contributed by atoms with Crippen LogP contribution in [0, 0.1) is 0 Å². The second-order valence-electron chi connectivity index (χ2n) is 6.63. The first-order valence-corrected chi connectivity index (χ1v) is 9.85. The van der Waals surface area contributed by atoms with Crippen LogP contribution < -0.4 is 15.5 Å². The van der Waals surface area contributed by atoms with Crippen molar-refractivity contribution in [3.05, 3.63) is 60.6 Å². The van der Waals surface area contributed by atoms with E-state index in [9.17, 15) is 0 Å². The van der Waals surface area contributed by atoms with E-state index in [-0.39, 0.29) is 24.0 Å². The van der Waals surface area contributed by atoms with Crippen molar-refractivity contribution in [3.8, 4) is 0 Å². The molecule has 29 heavy (non-hydrogen) atoms. The molecule has 156 valence electrons. The number of halogens is 1. The summed E-state index contributed by atoms with van der Waals surface area (Å²) in [6, 6.07) is 16.3. The number of fused-ring (bicyclic) bond motifs is 1. The number of para-hydroxylation sites is 1. The van der Waals surface area contributed by atoms with E-state index in [0.717, 1.165) is 49.9 Å². The molecular formula is C21H30IN7. The van der Waals surface area contributed by atoms with Gasteiger partial charge in [-0.2, -0.15) is 0 Å². The average molecular weight is 507 g/mol. The van der Waals surface area contributed by atoms with E-state index in [4.69, 9.17) is 0 Å². The third-order valence-corrected chi connectivity index (χ3v) is 4.52. The van der Waals surface area contributed by atoms with Gasteiger partial charge in [0.1, 0.15) is 6.54 Å². The van der Waals surface area contributed by atoms with Gasteiger partial charge in [-0.3, -0.25) is 4.40 Å². The quantitative estimate of drug-likeness (QED) is 0.201. The highest BCUT2D eigenvalue weighted by atomic mass is 127. The van der Waals surface area contributed by atoms with E-state index < -0.39 is 0 Å². The highest BCUT2D eigenvalue weighted by Crippen LogP contribution is 2.11. The van der Waals surface area contributed by atoms with Gasteiger partial charge in [-0.05, 0) is 44.0 Å². The standard InChI is InChI=1S/C21H29N7.HI/c1-3-22-21(24-17-20-26-25-19-13-7-9-16-28(19)20)23-14-8-10-15-27(2)18-11-5-4-6-12-18;/h4-7,9,11-13,16H,3,8,10,14-15,17H2,1-2H3,(H2,22,23,24);1H. The summed E-state index contributed by atoms with van der Waals surface area (Å²) < 4.78 is 1.96. The summed E-state index contributed by atoms with van der Waals surface area (Å²) in [4.78, 5) is 6.93. The molecule has 0 saturated carbocycles. The molecule has 0 unspecified atom stereocenters. The second-order valence-corrected chi connectivity index (χ2v) is 6.63. The monoisotopic (exact) mass is 507 g/mol. The fourth-order valence-electron chi connectivity index (χ4n) is 2.98. The normalized spacial score (nSPS) is 11.2. The van der Waals surface area contributed by atoms with Gasteiger partial charge in [0.05, 0.1) is 0 Å². The molecule has 3 aromatic rings. The van der Waals surface area contributed by atoms with Crippen LogP contribution in [0.1, 0.15) is 25.6 Å². The zero-order valence-corrected chi connectivity index (χ0v) is 19.4. The van der Waals surface area contributed by atoms with E-state index in [1.807, 2.05) is 34.9 Å². The van der Waals surface area contributed by atoms with Gasteiger partial charge in [0.2, 0.25) is 0 Å². The molecule has 3 rings (SSSR count). The number of hydrogen-bond acceptors (Lipinski definition) is 4. The van der Waals surface area contributed by atoms with Gasteiger partial charge in [-0.25, -0.2) is 4.99 Å². The van der Waals surface area contributed by atoms with E-state index in [0.29, 0.717) is 6.54 Å². The Morgan fingerprint density at radius 1 is 1.03 bits per heavy atom. The number of pyridine rings is 1. The maximum atomic E-state index is 4.65. The average Bonchev–Trinajstić information content (AvgIpc) is 3.15. The molecule has 0 fully saturated rings. The number of anilines is 1. The van der Waals surface area contributed by atoms with Gasteiger partial charge in [0.25, 0.3) is 0 Å². The van der Waals surface area contributed by atoms with Crippen molar-refractivity contribution in [2.75, 3.05) is 31.6 Å². The summed E-state index contributed by atoms with van der Waals surface area (Å²) >= 11 is 0. The molecule has 0 aliphatic heterocycles. The number of nitrogens with zero attached hydrogens (tertiary/aromatic N) is 5. The van der Waals surface area contributed by atoms with Crippen LogP contribution in [0.25, 0.3) is 5.65 Å². The predicted molar refractivity (Wildman–Crippen MR) is 130 cm³/mol. The molecular weight excluding hydrogens is 477 g/mol. The third-order valence-electron chi connectivity index (χ3n) is 4.52. The first-order chi connectivity index (χ1) is 13.8. The van der Waals surface area contributed by atoms with Crippen LogP contribution in [-0.4, -0.2) is 47.2 Å². The summed E-state index contributed by atoms with van der Waals surface area (Å²) in [5, 5.41) is 15.1. The summed E-state index contributed by atoms with van der Waals surface area (Å²) in [6.07, 6.45) is 4.16. The number of hydrogen-bond donors (Lipinski definition) is 2. The SMILES string of the molecule is CCNC(=NCc1nnc2ccccn12)NCCCCN(C)c1ccccc1.I. The van der Waals surface area contributed by atoms with E-state index in [2.05, 4.69) is 69.0 Å². The molecule has 1 aromatic carbocycles. The van der Waals surface area contributed by atoms with Crippen molar-refractivity contribution >= 4 is 41.3 Å². The zero-order valence-electron chi connectivity index (χ0n) is 17.1. The second kappa shape index (κ2) is 12.3. The van der Waals surface area contributed by atoms with Crippen LogP contribution in [0.2, 0.25) is 0 Å². The highest BCUT2D eigenvalue weighted by molar-refractivity contribution is 14.0. The third kappa shape index (κ3) is 6.88.